The van der Waals surface area contributed by atoms with Gasteiger partial charge in [-0.1, -0.05) is 61.2 Å². The Morgan fingerprint density at radius 2 is 1.76 bits per heavy atom. The molecule has 4 rings (SSSR count). The Labute approximate surface area is 220 Å². The summed E-state index contributed by atoms with van der Waals surface area (Å²) in [6.45, 7) is 6.60. The molecule has 0 bridgehead atoms. The number of carbonyl (C=O) groups is 2. The molecular weight excluding hydrogens is 486 g/mol. The summed E-state index contributed by atoms with van der Waals surface area (Å²) in [6, 6.07) is 21.6. The third-order valence-corrected chi connectivity index (χ3v) is 6.88. The lowest BCUT2D eigenvalue weighted by atomic mass is 10.1. The lowest BCUT2D eigenvalue weighted by molar-refractivity contribution is -0.127. The Hall–Kier alpha value is -3.85. The molecular formula is C28H31N5O3S. The van der Waals surface area contributed by atoms with Crippen LogP contribution in [0.1, 0.15) is 32.2 Å². The average molecular weight is 518 g/mol. The summed E-state index contributed by atoms with van der Waals surface area (Å²) in [5, 5.41) is 17.1. The van der Waals surface area contributed by atoms with Crippen LogP contribution in [0.15, 0.2) is 71.9 Å². The zero-order valence-corrected chi connectivity index (χ0v) is 22.0. The molecule has 2 N–H and O–H groups in total. The van der Waals surface area contributed by atoms with E-state index in [0.717, 1.165) is 22.9 Å². The van der Waals surface area contributed by atoms with Crippen molar-refractivity contribution in [2.75, 3.05) is 11.1 Å². The molecule has 0 aliphatic heterocycles. The van der Waals surface area contributed by atoms with Crippen LogP contribution in [0.25, 0.3) is 10.8 Å². The van der Waals surface area contributed by atoms with E-state index in [1.165, 1.54) is 17.3 Å². The van der Waals surface area contributed by atoms with E-state index >= 15 is 0 Å². The molecule has 0 saturated heterocycles. The number of benzene rings is 3. The maximum Gasteiger partial charge on any atom is 0.261 e. The highest BCUT2D eigenvalue weighted by atomic mass is 32.2. The van der Waals surface area contributed by atoms with Crippen molar-refractivity contribution in [3.63, 3.8) is 0 Å². The molecule has 0 aliphatic rings. The first-order chi connectivity index (χ1) is 18.0. The summed E-state index contributed by atoms with van der Waals surface area (Å²) in [6.07, 6.45) is 0.294. The van der Waals surface area contributed by atoms with E-state index in [9.17, 15) is 9.59 Å². The molecule has 1 heterocycles. The number of hydrogen-bond donors (Lipinski definition) is 2. The van der Waals surface area contributed by atoms with Gasteiger partial charge in [-0.3, -0.25) is 9.59 Å². The predicted octanol–water partition coefficient (Wildman–Crippen LogP) is 4.83. The Morgan fingerprint density at radius 1 is 1.00 bits per heavy atom. The van der Waals surface area contributed by atoms with Crippen LogP contribution in [-0.4, -0.2) is 38.4 Å². The molecule has 0 unspecified atom stereocenters. The van der Waals surface area contributed by atoms with Gasteiger partial charge in [0.05, 0.1) is 12.3 Å². The molecule has 3 aromatic carbocycles. The van der Waals surface area contributed by atoms with Crippen LogP contribution in [0, 0.1) is 0 Å². The minimum Gasteiger partial charge on any atom is -0.481 e. The van der Waals surface area contributed by atoms with Gasteiger partial charge < -0.3 is 19.9 Å². The molecule has 0 saturated carbocycles. The summed E-state index contributed by atoms with van der Waals surface area (Å²) >= 11 is 1.31. The van der Waals surface area contributed by atoms with Crippen LogP contribution in [0.5, 0.6) is 5.75 Å². The van der Waals surface area contributed by atoms with E-state index in [-0.39, 0.29) is 24.1 Å². The van der Waals surface area contributed by atoms with Gasteiger partial charge in [0, 0.05) is 12.2 Å². The third-order valence-electron chi connectivity index (χ3n) is 5.91. The number of rotatable bonds is 11. The number of nitrogens with one attached hydrogen (secondary N) is 2. The van der Waals surface area contributed by atoms with Gasteiger partial charge in [-0.2, -0.15) is 0 Å². The SMILES string of the molecule is CCc1ccc(O[C@H](C)C(=O)NCc2nnc(SCC(=O)Nc3ccc4ccccc4c3)n2CC)cc1. The predicted molar refractivity (Wildman–Crippen MR) is 147 cm³/mol. The van der Waals surface area contributed by atoms with E-state index in [0.29, 0.717) is 23.3 Å². The Morgan fingerprint density at radius 3 is 2.49 bits per heavy atom. The summed E-state index contributed by atoms with van der Waals surface area (Å²) in [4.78, 5) is 25.1. The van der Waals surface area contributed by atoms with E-state index in [1.807, 2.05) is 78.2 Å². The number of anilines is 1. The van der Waals surface area contributed by atoms with Gasteiger partial charge in [0.1, 0.15) is 5.75 Å². The van der Waals surface area contributed by atoms with Crippen molar-refractivity contribution in [1.82, 2.24) is 20.1 Å². The highest BCUT2D eigenvalue weighted by Crippen LogP contribution is 2.21. The molecule has 2 amide bonds. The fourth-order valence-corrected chi connectivity index (χ4v) is 4.66. The molecule has 0 fully saturated rings. The standard InChI is InChI=1S/C28H31N5O3S/c1-4-20-10-14-24(15-11-20)36-19(3)27(35)29-17-25-31-32-28(33(25)5-2)37-18-26(34)30-23-13-12-21-8-6-7-9-22(21)16-23/h6-16,19H,4-5,17-18H2,1-3H3,(H,29,35)(H,30,34)/t19-/m1/s1. The van der Waals surface area contributed by atoms with E-state index in [4.69, 9.17) is 4.74 Å². The Balaban J connectivity index is 1.28. The van der Waals surface area contributed by atoms with Crippen LogP contribution in [-0.2, 0) is 29.1 Å². The Kier molecular flexibility index (Phi) is 8.79. The highest BCUT2D eigenvalue weighted by Gasteiger charge is 2.18. The molecule has 1 atom stereocenters. The second-order valence-corrected chi connectivity index (χ2v) is 9.46. The number of amides is 2. The maximum absolute atomic E-state index is 12.6. The number of thioether (sulfide) groups is 1. The fraction of sp³-hybridized carbons (Fsp3) is 0.286. The van der Waals surface area contributed by atoms with Gasteiger partial charge in [-0.25, -0.2) is 0 Å². The minimum atomic E-state index is -0.655. The van der Waals surface area contributed by atoms with Crippen LogP contribution < -0.4 is 15.4 Å². The lowest BCUT2D eigenvalue weighted by Crippen LogP contribution is -2.36. The number of ether oxygens (including phenoxy) is 1. The van der Waals surface area contributed by atoms with Gasteiger partial charge >= 0.3 is 0 Å². The number of nitrogens with zero attached hydrogens (tertiary/aromatic N) is 3. The zero-order valence-electron chi connectivity index (χ0n) is 21.2. The molecule has 0 radical (unpaired) electrons. The van der Waals surface area contributed by atoms with Gasteiger partial charge in [0.15, 0.2) is 17.1 Å². The normalized spacial score (nSPS) is 11.8. The lowest BCUT2D eigenvalue weighted by Gasteiger charge is -2.15. The largest absolute Gasteiger partial charge is 0.481 e. The highest BCUT2D eigenvalue weighted by molar-refractivity contribution is 7.99. The number of aromatic nitrogens is 3. The van der Waals surface area contributed by atoms with Crippen molar-refractivity contribution < 1.29 is 14.3 Å². The zero-order chi connectivity index (χ0) is 26.2. The molecule has 4 aromatic rings. The van der Waals surface area contributed by atoms with Gasteiger partial charge in [0.2, 0.25) is 5.91 Å². The minimum absolute atomic E-state index is 0.126. The molecule has 192 valence electrons. The maximum atomic E-state index is 12.6. The smallest absolute Gasteiger partial charge is 0.261 e. The monoisotopic (exact) mass is 517 g/mol. The first-order valence-electron chi connectivity index (χ1n) is 12.3. The molecule has 8 nitrogen and oxygen atoms in total. The number of carbonyl (C=O) groups excluding carboxylic acids is 2. The van der Waals surface area contributed by atoms with Crippen molar-refractivity contribution in [2.45, 2.75) is 51.5 Å². The summed E-state index contributed by atoms with van der Waals surface area (Å²) in [5.41, 5.74) is 1.96. The van der Waals surface area contributed by atoms with E-state index in [2.05, 4.69) is 27.8 Å². The topological polar surface area (TPSA) is 98.1 Å². The van der Waals surface area contributed by atoms with Crippen molar-refractivity contribution in [3.8, 4) is 5.75 Å². The first kappa shape index (κ1) is 26.2. The van der Waals surface area contributed by atoms with Crippen LogP contribution in [0.3, 0.4) is 0 Å². The fourth-order valence-electron chi connectivity index (χ4n) is 3.84. The summed E-state index contributed by atoms with van der Waals surface area (Å²) in [5.74, 6) is 1.09. The van der Waals surface area contributed by atoms with Crippen LogP contribution in [0.4, 0.5) is 5.69 Å². The van der Waals surface area contributed by atoms with Crippen LogP contribution >= 0.6 is 11.8 Å². The van der Waals surface area contributed by atoms with Crippen LogP contribution in [0.2, 0.25) is 0 Å². The number of hydrogen-bond acceptors (Lipinski definition) is 6. The quantitative estimate of drug-likeness (QED) is 0.277. The van der Waals surface area contributed by atoms with Crippen molar-refractivity contribution in [2.24, 2.45) is 0 Å². The molecule has 0 spiro atoms. The van der Waals surface area contributed by atoms with E-state index < -0.39 is 6.10 Å². The summed E-state index contributed by atoms with van der Waals surface area (Å²) in [7, 11) is 0. The molecule has 1 aromatic heterocycles. The molecule has 37 heavy (non-hydrogen) atoms. The van der Waals surface area contributed by atoms with Crippen molar-refractivity contribution in [3.05, 3.63) is 78.1 Å². The Bertz CT molecular complexity index is 1370. The molecule has 9 heteroatoms. The van der Waals surface area contributed by atoms with Crippen molar-refractivity contribution >= 4 is 40.0 Å². The van der Waals surface area contributed by atoms with Gasteiger partial charge in [-0.15, -0.1) is 10.2 Å². The van der Waals surface area contributed by atoms with Crippen molar-refractivity contribution in [1.29, 1.82) is 0 Å². The number of aryl methyl sites for hydroxylation is 1. The second kappa shape index (κ2) is 12.4. The average Bonchev–Trinajstić information content (AvgIpc) is 3.32. The third kappa shape index (κ3) is 6.89. The first-order valence-corrected chi connectivity index (χ1v) is 13.3. The number of fused-ring (bicyclic) bond motifs is 1. The van der Waals surface area contributed by atoms with Gasteiger partial charge in [0.25, 0.3) is 5.91 Å². The van der Waals surface area contributed by atoms with Gasteiger partial charge in [-0.05, 0) is 60.9 Å². The summed E-state index contributed by atoms with van der Waals surface area (Å²) < 4.78 is 7.65. The molecule has 0 aliphatic carbocycles. The van der Waals surface area contributed by atoms with E-state index in [1.54, 1.807) is 6.92 Å². The second-order valence-electron chi connectivity index (χ2n) is 8.52.